The highest BCUT2D eigenvalue weighted by Crippen LogP contribution is 2.34. The van der Waals surface area contributed by atoms with Gasteiger partial charge in [0.05, 0.1) is 46.7 Å². The fourth-order valence-electron chi connectivity index (χ4n) is 4.31. The van der Waals surface area contributed by atoms with Gasteiger partial charge in [0.2, 0.25) is 5.91 Å². The Bertz CT molecular complexity index is 1830. The summed E-state index contributed by atoms with van der Waals surface area (Å²) in [4.78, 5) is 29.1. The number of carbonyl (C=O) groups is 1. The van der Waals surface area contributed by atoms with E-state index >= 15 is 0 Å². The Labute approximate surface area is 217 Å². The van der Waals surface area contributed by atoms with Gasteiger partial charge in [0, 0.05) is 39.7 Å². The minimum atomic E-state index is -0.525. The number of rotatable bonds is 4. The van der Waals surface area contributed by atoms with Gasteiger partial charge in [-0.1, -0.05) is 32.9 Å². The van der Waals surface area contributed by atoms with E-state index in [1.54, 1.807) is 37.1 Å². The molecule has 0 atom stereocenters. The maximum absolute atomic E-state index is 13.9. The fraction of sp³-hybridized carbons (Fsp3) is 0.138. The van der Waals surface area contributed by atoms with E-state index in [2.05, 4.69) is 35.5 Å². The maximum Gasteiger partial charge on any atom is 0.229 e. The molecule has 0 aliphatic carbocycles. The molecule has 5 heterocycles. The maximum atomic E-state index is 13.9. The number of aromatic nitrogens is 6. The molecule has 1 amide bonds. The summed E-state index contributed by atoms with van der Waals surface area (Å²) in [5.74, 6) is -0.395. The SMILES string of the molecule is CC(C)(C)C(=O)Nc1cncc(-c2cc3c(-c4cc5c(-c6cccc(F)c6)cncc5[nH]4)n[nH]c3cn2)c1. The Morgan fingerprint density at radius 3 is 2.55 bits per heavy atom. The quantitative estimate of drug-likeness (QED) is 0.258. The molecule has 1 aromatic carbocycles. The molecule has 9 heteroatoms. The predicted octanol–water partition coefficient (Wildman–Crippen LogP) is 6.35. The van der Waals surface area contributed by atoms with Crippen molar-refractivity contribution in [2.45, 2.75) is 20.8 Å². The number of nitrogens with zero attached hydrogens (tertiary/aromatic N) is 4. The van der Waals surface area contributed by atoms with Crippen molar-refractivity contribution in [3.05, 3.63) is 79.3 Å². The highest BCUT2D eigenvalue weighted by molar-refractivity contribution is 6.01. The third-order valence-corrected chi connectivity index (χ3v) is 6.36. The zero-order chi connectivity index (χ0) is 26.4. The van der Waals surface area contributed by atoms with Gasteiger partial charge in [0.15, 0.2) is 0 Å². The number of fused-ring (bicyclic) bond motifs is 2. The van der Waals surface area contributed by atoms with Crippen LogP contribution in [0.1, 0.15) is 20.8 Å². The van der Waals surface area contributed by atoms with E-state index in [1.807, 2.05) is 45.0 Å². The molecule has 0 aliphatic rings. The second-order valence-corrected chi connectivity index (χ2v) is 10.2. The van der Waals surface area contributed by atoms with E-state index < -0.39 is 5.41 Å². The summed E-state index contributed by atoms with van der Waals surface area (Å²) >= 11 is 0. The van der Waals surface area contributed by atoms with Gasteiger partial charge in [0.1, 0.15) is 11.5 Å². The predicted molar refractivity (Wildman–Crippen MR) is 146 cm³/mol. The van der Waals surface area contributed by atoms with E-state index in [4.69, 9.17) is 0 Å². The molecular formula is C29H24FN7O. The van der Waals surface area contributed by atoms with Crippen LogP contribution in [0.15, 0.2) is 73.4 Å². The Morgan fingerprint density at radius 1 is 0.895 bits per heavy atom. The normalized spacial score (nSPS) is 11.8. The van der Waals surface area contributed by atoms with Crippen LogP contribution < -0.4 is 5.32 Å². The van der Waals surface area contributed by atoms with Crippen molar-refractivity contribution in [3.63, 3.8) is 0 Å². The number of halogens is 1. The average molecular weight is 506 g/mol. The second-order valence-electron chi connectivity index (χ2n) is 10.2. The molecule has 0 aliphatic heterocycles. The minimum absolute atomic E-state index is 0.0945. The van der Waals surface area contributed by atoms with Gasteiger partial charge in [0.25, 0.3) is 0 Å². The Hall–Kier alpha value is -4.92. The standard InChI is InChI=1S/C29H24FN7O/c1-29(2,3)28(38)34-19-8-17(11-31-12-19)23-10-21-26(15-33-23)36-37-27(21)24-9-20-22(13-32-14-25(20)35-24)16-5-4-6-18(30)7-16/h4-15,35H,1-3H3,(H,34,38)(H,36,37). The van der Waals surface area contributed by atoms with Crippen LogP contribution in [0.3, 0.4) is 0 Å². The smallest absolute Gasteiger partial charge is 0.229 e. The molecule has 0 radical (unpaired) electrons. The van der Waals surface area contributed by atoms with Crippen molar-refractivity contribution in [2.75, 3.05) is 5.32 Å². The lowest BCUT2D eigenvalue weighted by atomic mass is 9.95. The van der Waals surface area contributed by atoms with E-state index in [-0.39, 0.29) is 11.7 Å². The van der Waals surface area contributed by atoms with Crippen LogP contribution in [0.2, 0.25) is 0 Å². The number of pyridine rings is 3. The summed E-state index contributed by atoms with van der Waals surface area (Å²) in [6.45, 7) is 5.57. The van der Waals surface area contributed by atoms with Gasteiger partial charge in [-0.15, -0.1) is 0 Å². The lowest BCUT2D eigenvalue weighted by Crippen LogP contribution is -2.27. The zero-order valence-electron chi connectivity index (χ0n) is 21.0. The number of H-pyrrole nitrogens is 2. The van der Waals surface area contributed by atoms with E-state index in [0.717, 1.165) is 49.9 Å². The molecule has 5 aromatic heterocycles. The zero-order valence-corrected chi connectivity index (χ0v) is 21.0. The van der Waals surface area contributed by atoms with E-state index in [9.17, 15) is 9.18 Å². The minimum Gasteiger partial charge on any atom is -0.352 e. The Kier molecular flexibility index (Phi) is 5.48. The van der Waals surface area contributed by atoms with Crippen LogP contribution in [0.5, 0.6) is 0 Å². The molecule has 0 fully saturated rings. The number of aromatic amines is 2. The van der Waals surface area contributed by atoms with Crippen LogP contribution in [-0.2, 0) is 4.79 Å². The van der Waals surface area contributed by atoms with Crippen molar-refractivity contribution in [1.29, 1.82) is 0 Å². The average Bonchev–Trinajstić information content (AvgIpc) is 3.52. The number of amides is 1. The second kappa shape index (κ2) is 8.88. The molecular weight excluding hydrogens is 481 g/mol. The van der Waals surface area contributed by atoms with Crippen LogP contribution in [0.4, 0.5) is 10.1 Å². The molecule has 3 N–H and O–H groups in total. The van der Waals surface area contributed by atoms with Crippen molar-refractivity contribution >= 4 is 33.4 Å². The molecule has 0 saturated carbocycles. The monoisotopic (exact) mass is 505 g/mol. The van der Waals surface area contributed by atoms with Gasteiger partial charge in [-0.3, -0.25) is 24.8 Å². The first kappa shape index (κ1) is 23.5. The number of hydrogen-bond acceptors (Lipinski definition) is 5. The van der Waals surface area contributed by atoms with Gasteiger partial charge in [-0.05, 0) is 35.9 Å². The lowest BCUT2D eigenvalue weighted by Gasteiger charge is -2.17. The number of anilines is 1. The first-order valence-electron chi connectivity index (χ1n) is 12.1. The molecule has 0 unspecified atom stereocenters. The van der Waals surface area contributed by atoms with E-state index in [0.29, 0.717) is 11.4 Å². The first-order valence-corrected chi connectivity index (χ1v) is 12.1. The molecule has 6 aromatic rings. The number of hydrogen-bond donors (Lipinski definition) is 3. The van der Waals surface area contributed by atoms with Crippen molar-refractivity contribution in [1.82, 2.24) is 30.1 Å². The van der Waals surface area contributed by atoms with E-state index in [1.165, 1.54) is 12.1 Å². The molecule has 188 valence electrons. The summed E-state index contributed by atoms with van der Waals surface area (Å²) in [5, 5.41) is 12.3. The van der Waals surface area contributed by atoms with Crippen LogP contribution >= 0.6 is 0 Å². The van der Waals surface area contributed by atoms with Crippen LogP contribution in [-0.4, -0.2) is 36.0 Å². The number of carbonyl (C=O) groups excluding carboxylic acids is 1. The fourth-order valence-corrected chi connectivity index (χ4v) is 4.31. The molecule has 8 nitrogen and oxygen atoms in total. The molecule has 6 rings (SSSR count). The highest BCUT2D eigenvalue weighted by Gasteiger charge is 2.21. The van der Waals surface area contributed by atoms with Crippen molar-refractivity contribution < 1.29 is 9.18 Å². The summed E-state index contributed by atoms with van der Waals surface area (Å²) in [6, 6.07) is 12.3. The van der Waals surface area contributed by atoms with Gasteiger partial charge < -0.3 is 10.3 Å². The summed E-state index contributed by atoms with van der Waals surface area (Å²) < 4.78 is 13.9. The molecule has 0 spiro atoms. The van der Waals surface area contributed by atoms with Gasteiger partial charge in [-0.25, -0.2) is 4.39 Å². The van der Waals surface area contributed by atoms with Crippen molar-refractivity contribution in [2.24, 2.45) is 5.41 Å². The summed E-state index contributed by atoms with van der Waals surface area (Å²) in [7, 11) is 0. The topological polar surface area (TPSA) is 112 Å². The molecule has 0 bridgehead atoms. The molecule has 38 heavy (non-hydrogen) atoms. The van der Waals surface area contributed by atoms with Gasteiger partial charge in [-0.2, -0.15) is 5.10 Å². The van der Waals surface area contributed by atoms with Crippen LogP contribution in [0.25, 0.3) is 55.6 Å². The largest absolute Gasteiger partial charge is 0.352 e. The highest BCUT2D eigenvalue weighted by atomic mass is 19.1. The van der Waals surface area contributed by atoms with Crippen molar-refractivity contribution in [3.8, 4) is 33.8 Å². The Morgan fingerprint density at radius 2 is 1.74 bits per heavy atom. The molecule has 0 saturated heterocycles. The third-order valence-electron chi connectivity index (χ3n) is 6.36. The van der Waals surface area contributed by atoms with Gasteiger partial charge >= 0.3 is 0 Å². The first-order chi connectivity index (χ1) is 18.3. The Balaban J connectivity index is 1.40. The number of nitrogens with one attached hydrogen (secondary N) is 3. The lowest BCUT2D eigenvalue weighted by molar-refractivity contribution is -0.123. The summed E-state index contributed by atoms with van der Waals surface area (Å²) in [5.41, 5.74) is 6.21. The third kappa shape index (κ3) is 4.28. The number of benzene rings is 1. The van der Waals surface area contributed by atoms with Crippen LogP contribution in [0, 0.1) is 11.2 Å². The summed E-state index contributed by atoms with van der Waals surface area (Å²) in [6.07, 6.45) is 8.53.